The molecule has 2 aromatic heterocycles. The fraction of sp³-hybridized carbons (Fsp3) is 0.385. The molecule has 1 N–H and O–H groups in total. The Morgan fingerprint density at radius 1 is 1.39 bits per heavy atom. The van der Waals surface area contributed by atoms with Gasteiger partial charge in [0.2, 0.25) is 0 Å². The standard InChI is InChI=1S/C13H14BrN3O/c14-9-6-11-13(17-7-9)12(3-5-16-11)18-10-2-1-4-15-8-10/h3,5-7,10,15H,1-2,4,8H2/t10-/m0/s1. The summed E-state index contributed by atoms with van der Waals surface area (Å²) in [4.78, 5) is 8.70. The molecule has 18 heavy (non-hydrogen) atoms. The van der Waals surface area contributed by atoms with Crippen molar-refractivity contribution in [3.05, 3.63) is 29.0 Å². The summed E-state index contributed by atoms with van der Waals surface area (Å²) in [7, 11) is 0. The Balaban J connectivity index is 1.91. The smallest absolute Gasteiger partial charge is 0.149 e. The number of ether oxygens (including phenoxy) is 1. The summed E-state index contributed by atoms with van der Waals surface area (Å²) < 4.78 is 6.96. The second-order valence-electron chi connectivity index (χ2n) is 4.42. The Labute approximate surface area is 114 Å². The van der Waals surface area contributed by atoms with Crippen molar-refractivity contribution in [3.63, 3.8) is 0 Å². The van der Waals surface area contributed by atoms with Gasteiger partial charge in [-0.2, -0.15) is 0 Å². The third kappa shape index (κ3) is 2.47. The van der Waals surface area contributed by atoms with E-state index in [0.717, 1.165) is 47.2 Å². The predicted molar refractivity (Wildman–Crippen MR) is 73.8 cm³/mol. The van der Waals surface area contributed by atoms with E-state index >= 15 is 0 Å². The molecule has 0 saturated carbocycles. The molecular weight excluding hydrogens is 294 g/mol. The van der Waals surface area contributed by atoms with Crippen molar-refractivity contribution in [3.8, 4) is 5.75 Å². The van der Waals surface area contributed by atoms with Crippen LogP contribution in [0.3, 0.4) is 0 Å². The summed E-state index contributed by atoms with van der Waals surface area (Å²) in [6, 6.07) is 3.84. The topological polar surface area (TPSA) is 47.0 Å². The zero-order valence-corrected chi connectivity index (χ0v) is 11.5. The van der Waals surface area contributed by atoms with E-state index in [-0.39, 0.29) is 6.10 Å². The maximum absolute atomic E-state index is 6.03. The Morgan fingerprint density at radius 2 is 2.33 bits per heavy atom. The lowest BCUT2D eigenvalue weighted by atomic mass is 10.1. The van der Waals surface area contributed by atoms with Crippen molar-refractivity contribution in [2.24, 2.45) is 0 Å². The zero-order chi connectivity index (χ0) is 12.4. The van der Waals surface area contributed by atoms with Gasteiger partial charge >= 0.3 is 0 Å². The van der Waals surface area contributed by atoms with Crippen LogP contribution in [0.5, 0.6) is 5.75 Å². The van der Waals surface area contributed by atoms with Crippen molar-refractivity contribution in [1.82, 2.24) is 15.3 Å². The minimum absolute atomic E-state index is 0.231. The second-order valence-corrected chi connectivity index (χ2v) is 5.33. The number of rotatable bonds is 2. The molecule has 0 aliphatic carbocycles. The van der Waals surface area contributed by atoms with Crippen molar-refractivity contribution < 1.29 is 4.74 Å². The number of fused-ring (bicyclic) bond motifs is 1. The Bertz CT molecular complexity index is 555. The number of aromatic nitrogens is 2. The molecule has 94 valence electrons. The number of pyridine rings is 2. The van der Waals surface area contributed by atoms with Gasteiger partial charge in [0.05, 0.1) is 5.52 Å². The van der Waals surface area contributed by atoms with Gasteiger partial charge in [-0.1, -0.05) is 0 Å². The van der Waals surface area contributed by atoms with Crippen molar-refractivity contribution in [1.29, 1.82) is 0 Å². The van der Waals surface area contributed by atoms with Crippen LogP contribution in [0, 0.1) is 0 Å². The quantitative estimate of drug-likeness (QED) is 0.926. The van der Waals surface area contributed by atoms with Crippen LogP contribution < -0.4 is 10.1 Å². The summed E-state index contributed by atoms with van der Waals surface area (Å²) in [6.45, 7) is 1.99. The van der Waals surface area contributed by atoms with Gasteiger partial charge in [0.15, 0.2) is 0 Å². The second kappa shape index (κ2) is 5.20. The lowest BCUT2D eigenvalue weighted by Crippen LogP contribution is -2.37. The minimum Gasteiger partial charge on any atom is -0.487 e. The average Bonchev–Trinajstić information content (AvgIpc) is 2.40. The van der Waals surface area contributed by atoms with Gasteiger partial charge in [-0.25, -0.2) is 4.98 Å². The van der Waals surface area contributed by atoms with Crippen molar-refractivity contribution >= 4 is 27.0 Å². The number of piperidine rings is 1. The van der Waals surface area contributed by atoms with E-state index in [0.29, 0.717) is 0 Å². The fourth-order valence-electron chi connectivity index (χ4n) is 2.18. The van der Waals surface area contributed by atoms with E-state index < -0.39 is 0 Å². The third-order valence-electron chi connectivity index (χ3n) is 3.05. The Hall–Kier alpha value is -1.20. The SMILES string of the molecule is Brc1cnc2c(O[C@H]3CCCNC3)ccnc2c1. The van der Waals surface area contributed by atoms with Gasteiger partial charge < -0.3 is 10.1 Å². The maximum atomic E-state index is 6.03. The van der Waals surface area contributed by atoms with Crippen LogP contribution >= 0.6 is 15.9 Å². The molecule has 1 atom stereocenters. The van der Waals surface area contributed by atoms with Crippen LogP contribution in [-0.4, -0.2) is 29.2 Å². The maximum Gasteiger partial charge on any atom is 0.149 e. The molecule has 1 aliphatic rings. The van der Waals surface area contributed by atoms with Crippen LogP contribution in [0.4, 0.5) is 0 Å². The van der Waals surface area contributed by atoms with Crippen LogP contribution in [0.15, 0.2) is 29.0 Å². The minimum atomic E-state index is 0.231. The highest BCUT2D eigenvalue weighted by Crippen LogP contribution is 2.25. The van der Waals surface area contributed by atoms with Gasteiger partial charge in [-0.3, -0.25) is 4.98 Å². The molecule has 2 aromatic rings. The van der Waals surface area contributed by atoms with Gasteiger partial charge in [-0.15, -0.1) is 0 Å². The van der Waals surface area contributed by atoms with E-state index in [1.54, 1.807) is 12.4 Å². The number of nitrogens with zero attached hydrogens (tertiary/aromatic N) is 2. The van der Waals surface area contributed by atoms with E-state index in [2.05, 4.69) is 31.2 Å². The summed E-state index contributed by atoms with van der Waals surface area (Å²) in [6.07, 6.45) is 6.02. The fourth-order valence-corrected chi connectivity index (χ4v) is 2.50. The first kappa shape index (κ1) is 11.9. The normalized spacial score (nSPS) is 19.9. The van der Waals surface area contributed by atoms with Gasteiger partial charge in [0.25, 0.3) is 0 Å². The summed E-state index contributed by atoms with van der Waals surface area (Å²) in [5.41, 5.74) is 1.68. The lowest BCUT2D eigenvalue weighted by molar-refractivity contribution is 0.169. The number of hydrogen-bond donors (Lipinski definition) is 1. The van der Waals surface area contributed by atoms with E-state index in [1.807, 2.05) is 12.1 Å². The van der Waals surface area contributed by atoms with Crippen LogP contribution in [0.25, 0.3) is 11.0 Å². The van der Waals surface area contributed by atoms with Crippen LogP contribution in [0.2, 0.25) is 0 Å². The van der Waals surface area contributed by atoms with Crippen molar-refractivity contribution in [2.75, 3.05) is 13.1 Å². The first-order valence-corrected chi connectivity index (χ1v) is 6.90. The first-order valence-electron chi connectivity index (χ1n) is 6.10. The van der Waals surface area contributed by atoms with E-state index in [4.69, 9.17) is 4.74 Å². The highest BCUT2D eigenvalue weighted by atomic mass is 79.9. The Morgan fingerprint density at radius 3 is 3.17 bits per heavy atom. The molecule has 1 fully saturated rings. The summed E-state index contributed by atoms with van der Waals surface area (Å²) in [5, 5.41) is 3.34. The largest absolute Gasteiger partial charge is 0.487 e. The molecule has 1 aliphatic heterocycles. The molecule has 0 aromatic carbocycles. The highest BCUT2D eigenvalue weighted by molar-refractivity contribution is 9.10. The molecule has 3 rings (SSSR count). The highest BCUT2D eigenvalue weighted by Gasteiger charge is 2.16. The van der Waals surface area contributed by atoms with Gasteiger partial charge in [-0.05, 0) is 41.4 Å². The van der Waals surface area contributed by atoms with E-state index in [9.17, 15) is 0 Å². The van der Waals surface area contributed by atoms with Crippen LogP contribution in [0.1, 0.15) is 12.8 Å². The number of hydrogen-bond acceptors (Lipinski definition) is 4. The summed E-state index contributed by atoms with van der Waals surface area (Å²) >= 11 is 3.40. The number of halogens is 1. The van der Waals surface area contributed by atoms with Crippen molar-refractivity contribution in [2.45, 2.75) is 18.9 Å². The molecule has 1 saturated heterocycles. The third-order valence-corrected chi connectivity index (χ3v) is 3.49. The average molecular weight is 308 g/mol. The molecule has 0 bridgehead atoms. The molecular formula is C13H14BrN3O. The molecule has 0 spiro atoms. The first-order chi connectivity index (χ1) is 8.83. The summed E-state index contributed by atoms with van der Waals surface area (Å²) in [5.74, 6) is 0.821. The molecule has 0 unspecified atom stereocenters. The lowest BCUT2D eigenvalue weighted by Gasteiger charge is -2.24. The Kier molecular flexibility index (Phi) is 3.43. The molecule has 0 radical (unpaired) electrons. The van der Waals surface area contributed by atoms with Crippen LogP contribution in [-0.2, 0) is 0 Å². The van der Waals surface area contributed by atoms with Gasteiger partial charge in [0, 0.05) is 29.5 Å². The molecule has 3 heterocycles. The monoisotopic (exact) mass is 307 g/mol. The zero-order valence-electron chi connectivity index (χ0n) is 9.90. The van der Waals surface area contributed by atoms with E-state index in [1.165, 1.54) is 0 Å². The number of nitrogens with one attached hydrogen (secondary N) is 1. The molecule has 4 nitrogen and oxygen atoms in total. The van der Waals surface area contributed by atoms with Gasteiger partial charge in [0.1, 0.15) is 17.4 Å². The molecule has 0 amide bonds. The predicted octanol–water partition coefficient (Wildman–Crippen LogP) is 2.52. The molecule has 5 heteroatoms.